The summed E-state index contributed by atoms with van der Waals surface area (Å²) in [5, 5.41) is 17.7. The number of rotatable bonds is 10. The maximum Gasteiger partial charge on any atom is 0.471 e. The van der Waals surface area contributed by atoms with Crippen LogP contribution in [0.25, 0.3) is 0 Å². The standard InChI is InChI=1S/C32H44F3N5O4/c1-16(26(41)38-23(14-36)9-24-20-7-22(8-20)37-27(24)42)40(15-21-13-30(21,2)3)28(43)25(39-29(44)32(33,34)35)31-10-17-4-18(11-31)6-19(5-17)12-31/h16-25H,4-13,15H2,1-3H3,(H,37,42)(H,38,41)(H,39,44)/t16-,17?,18?,19?,20?,21+,22?,23-,24+,25?,31?/m0/s1. The molecule has 5 atom stereocenters. The van der Waals surface area contributed by atoms with Crippen molar-refractivity contribution in [1.82, 2.24) is 20.9 Å². The van der Waals surface area contributed by atoms with E-state index < -0.39 is 47.4 Å². The smallest absolute Gasteiger partial charge is 0.353 e. The molecule has 8 fully saturated rings. The van der Waals surface area contributed by atoms with Crippen LogP contribution in [0.15, 0.2) is 0 Å². The number of carbonyl (C=O) groups excluding carboxylic acids is 4. The monoisotopic (exact) mass is 619 g/mol. The molecule has 2 aliphatic heterocycles. The van der Waals surface area contributed by atoms with Crippen LogP contribution in [0.2, 0.25) is 0 Å². The molecule has 8 aliphatic rings. The minimum absolute atomic E-state index is 0.0429. The Kier molecular flexibility index (Phi) is 7.72. The Balaban J connectivity index is 1.24. The number of hydrogen-bond acceptors (Lipinski definition) is 5. The van der Waals surface area contributed by atoms with E-state index in [0.717, 1.165) is 38.5 Å². The molecule has 0 spiro atoms. The largest absolute Gasteiger partial charge is 0.471 e. The van der Waals surface area contributed by atoms with Crippen molar-refractivity contribution in [2.24, 2.45) is 46.3 Å². The van der Waals surface area contributed by atoms with Gasteiger partial charge >= 0.3 is 12.1 Å². The molecular formula is C32H44F3N5O4. The van der Waals surface area contributed by atoms with Gasteiger partial charge in [0.25, 0.3) is 0 Å². The topological polar surface area (TPSA) is 131 Å². The summed E-state index contributed by atoms with van der Waals surface area (Å²) < 4.78 is 40.9. The molecule has 8 rings (SSSR count). The fourth-order valence-corrected chi connectivity index (χ4v) is 9.71. The highest BCUT2D eigenvalue weighted by Gasteiger charge is 2.59. The normalized spacial score (nSPS) is 37.8. The van der Waals surface area contributed by atoms with E-state index in [1.165, 1.54) is 11.8 Å². The summed E-state index contributed by atoms with van der Waals surface area (Å²) in [6.45, 7) is 5.78. The number of fused-ring (bicyclic) bond motifs is 2. The van der Waals surface area contributed by atoms with E-state index in [1.807, 2.05) is 13.8 Å². The van der Waals surface area contributed by atoms with Crippen molar-refractivity contribution in [1.29, 1.82) is 5.26 Å². The molecule has 2 heterocycles. The highest BCUT2D eigenvalue weighted by molar-refractivity contribution is 5.94. The first-order valence-corrected chi connectivity index (χ1v) is 16.3. The fraction of sp³-hybridized carbons (Fsp3) is 0.844. The summed E-state index contributed by atoms with van der Waals surface area (Å²) in [6.07, 6.45) is 2.26. The minimum Gasteiger partial charge on any atom is -0.353 e. The first-order valence-electron chi connectivity index (χ1n) is 16.3. The number of halogens is 3. The number of alkyl halides is 3. The third-order valence-corrected chi connectivity index (χ3v) is 12.1. The Morgan fingerprint density at radius 1 is 1.02 bits per heavy atom. The highest BCUT2D eigenvalue weighted by atomic mass is 19.4. The molecule has 3 N–H and O–H groups in total. The second-order valence-corrected chi connectivity index (χ2v) is 15.7. The second kappa shape index (κ2) is 10.9. The van der Waals surface area contributed by atoms with Gasteiger partial charge < -0.3 is 20.9 Å². The maximum atomic E-state index is 14.6. The second-order valence-electron chi connectivity index (χ2n) is 15.7. The predicted molar refractivity (Wildman–Crippen MR) is 152 cm³/mol. The Hall–Kier alpha value is -2.84. The molecular weight excluding hydrogens is 575 g/mol. The molecule has 2 saturated heterocycles. The molecule has 44 heavy (non-hydrogen) atoms. The van der Waals surface area contributed by atoms with Crippen LogP contribution in [0.3, 0.4) is 0 Å². The molecule has 6 saturated carbocycles. The molecule has 6 aliphatic carbocycles. The van der Waals surface area contributed by atoms with Gasteiger partial charge in [-0.2, -0.15) is 18.4 Å². The van der Waals surface area contributed by atoms with Gasteiger partial charge in [-0.05, 0) is 106 Å². The molecule has 4 amide bonds. The third-order valence-electron chi connectivity index (χ3n) is 12.1. The van der Waals surface area contributed by atoms with Crippen LogP contribution in [-0.4, -0.2) is 65.4 Å². The average Bonchev–Trinajstić information content (AvgIpc) is 3.52. The van der Waals surface area contributed by atoms with Crippen LogP contribution < -0.4 is 16.0 Å². The number of hydrogen-bond donors (Lipinski definition) is 3. The van der Waals surface area contributed by atoms with Gasteiger partial charge in [0, 0.05) is 23.9 Å². The quantitative estimate of drug-likeness (QED) is 0.345. The lowest BCUT2D eigenvalue weighted by Gasteiger charge is -2.59. The first kappa shape index (κ1) is 31.2. The third kappa shape index (κ3) is 5.80. The van der Waals surface area contributed by atoms with Crippen LogP contribution in [0.1, 0.15) is 85.0 Å². The molecule has 0 aromatic heterocycles. The van der Waals surface area contributed by atoms with Crippen molar-refractivity contribution >= 4 is 23.6 Å². The van der Waals surface area contributed by atoms with Crippen LogP contribution in [0, 0.1) is 57.7 Å². The van der Waals surface area contributed by atoms with Crippen LogP contribution in [0.4, 0.5) is 13.2 Å². The average molecular weight is 620 g/mol. The molecule has 9 nitrogen and oxygen atoms in total. The lowest BCUT2D eigenvalue weighted by molar-refractivity contribution is -0.179. The summed E-state index contributed by atoms with van der Waals surface area (Å²) in [5.41, 5.74) is -0.880. The van der Waals surface area contributed by atoms with Gasteiger partial charge in [0.05, 0.1) is 6.07 Å². The molecule has 242 valence electrons. The van der Waals surface area contributed by atoms with Crippen LogP contribution in [0.5, 0.6) is 0 Å². The van der Waals surface area contributed by atoms with Crippen molar-refractivity contribution in [3.63, 3.8) is 0 Å². The van der Waals surface area contributed by atoms with Crippen LogP contribution >= 0.6 is 0 Å². The number of piperidine rings is 2. The zero-order chi connectivity index (χ0) is 31.8. The predicted octanol–water partition coefficient (Wildman–Crippen LogP) is 3.44. The fourth-order valence-electron chi connectivity index (χ4n) is 9.71. The van der Waals surface area contributed by atoms with E-state index in [0.29, 0.717) is 37.0 Å². The highest BCUT2D eigenvalue weighted by Crippen LogP contribution is 2.61. The molecule has 1 unspecified atom stereocenters. The van der Waals surface area contributed by atoms with E-state index in [4.69, 9.17) is 0 Å². The zero-order valence-electron chi connectivity index (χ0n) is 25.7. The number of nitrogens with one attached hydrogen (secondary N) is 3. The van der Waals surface area contributed by atoms with Gasteiger partial charge in [-0.1, -0.05) is 13.8 Å². The SMILES string of the molecule is C[C@@H](C(=O)N[C@H](C#N)C[C@H]1C(=O)NC2CC1C2)N(C[C@H]1CC1(C)C)C(=O)C(NC(=O)C(F)(F)F)C12CC3CC(CC(C3)C1)C2. The van der Waals surface area contributed by atoms with E-state index in [1.54, 1.807) is 0 Å². The summed E-state index contributed by atoms with van der Waals surface area (Å²) in [7, 11) is 0. The summed E-state index contributed by atoms with van der Waals surface area (Å²) in [4.78, 5) is 54.5. The molecule has 0 aromatic carbocycles. The molecule has 0 aromatic rings. The van der Waals surface area contributed by atoms with Gasteiger partial charge in [-0.15, -0.1) is 0 Å². The first-order chi connectivity index (χ1) is 20.6. The van der Waals surface area contributed by atoms with Crippen molar-refractivity contribution in [2.75, 3.05) is 6.54 Å². The van der Waals surface area contributed by atoms with Crippen molar-refractivity contribution in [3.05, 3.63) is 0 Å². The van der Waals surface area contributed by atoms with Gasteiger partial charge in [-0.3, -0.25) is 19.2 Å². The van der Waals surface area contributed by atoms with Crippen molar-refractivity contribution < 1.29 is 32.3 Å². The lowest BCUT2D eigenvalue weighted by Crippen LogP contribution is -2.65. The van der Waals surface area contributed by atoms with E-state index in [9.17, 15) is 37.6 Å². The van der Waals surface area contributed by atoms with Crippen molar-refractivity contribution in [2.45, 2.75) is 115 Å². The maximum absolute atomic E-state index is 14.6. The van der Waals surface area contributed by atoms with E-state index >= 15 is 0 Å². The lowest BCUT2D eigenvalue weighted by atomic mass is 9.47. The Morgan fingerprint density at radius 3 is 2.07 bits per heavy atom. The summed E-state index contributed by atoms with van der Waals surface area (Å²) >= 11 is 0. The Bertz CT molecular complexity index is 1220. The number of nitrogens with zero attached hydrogens (tertiary/aromatic N) is 2. The van der Waals surface area contributed by atoms with Gasteiger partial charge in [0.1, 0.15) is 18.1 Å². The Morgan fingerprint density at radius 2 is 1.59 bits per heavy atom. The molecule has 6 bridgehead atoms. The van der Waals surface area contributed by atoms with Gasteiger partial charge in [-0.25, -0.2) is 0 Å². The van der Waals surface area contributed by atoms with E-state index in [2.05, 4.69) is 22.0 Å². The molecule has 0 radical (unpaired) electrons. The zero-order valence-corrected chi connectivity index (χ0v) is 25.7. The summed E-state index contributed by atoms with van der Waals surface area (Å²) in [5.74, 6) is -2.74. The van der Waals surface area contributed by atoms with Crippen LogP contribution in [-0.2, 0) is 19.2 Å². The van der Waals surface area contributed by atoms with Gasteiger partial charge in [0.15, 0.2) is 0 Å². The number of amides is 4. The minimum atomic E-state index is -5.15. The Labute approximate surface area is 256 Å². The van der Waals surface area contributed by atoms with Crippen molar-refractivity contribution in [3.8, 4) is 6.07 Å². The number of carbonyl (C=O) groups is 4. The van der Waals surface area contributed by atoms with E-state index in [-0.39, 0.29) is 48.1 Å². The molecule has 12 heteroatoms. The summed E-state index contributed by atoms with van der Waals surface area (Å²) in [6, 6.07) is -1.18. The number of nitriles is 1. The van der Waals surface area contributed by atoms with Gasteiger partial charge in [0.2, 0.25) is 17.7 Å².